The van der Waals surface area contributed by atoms with E-state index in [1.54, 1.807) is 19.2 Å². The minimum Gasteiger partial charge on any atom is -0.461 e. The van der Waals surface area contributed by atoms with Gasteiger partial charge in [0.2, 0.25) is 0 Å². The summed E-state index contributed by atoms with van der Waals surface area (Å²) in [7, 11) is 0. The van der Waals surface area contributed by atoms with Crippen molar-refractivity contribution >= 4 is 5.97 Å². The van der Waals surface area contributed by atoms with E-state index in [1.165, 1.54) is 0 Å². The molecule has 18 heavy (non-hydrogen) atoms. The predicted molar refractivity (Wildman–Crippen MR) is 68.2 cm³/mol. The van der Waals surface area contributed by atoms with Crippen molar-refractivity contribution in [3.05, 3.63) is 47.8 Å². The number of benzene rings is 1. The van der Waals surface area contributed by atoms with E-state index >= 15 is 0 Å². The summed E-state index contributed by atoms with van der Waals surface area (Å²) in [6, 6.07) is 9.34. The molecule has 0 saturated heterocycles. The average Bonchev–Trinajstić information content (AvgIpc) is 2.40. The second-order valence-electron chi connectivity index (χ2n) is 3.80. The van der Waals surface area contributed by atoms with Crippen LogP contribution in [0.1, 0.15) is 23.0 Å². The van der Waals surface area contributed by atoms with Gasteiger partial charge in [-0.25, -0.2) is 14.8 Å². The molecule has 0 saturated carbocycles. The van der Waals surface area contributed by atoms with Crippen LogP contribution in [0.25, 0.3) is 11.4 Å². The fraction of sp³-hybridized carbons (Fsp3) is 0.214. The molecule has 0 atom stereocenters. The molecule has 4 heteroatoms. The Balaban J connectivity index is 2.39. The molecule has 0 unspecified atom stereocenters. The summed E-state index contributed by atoms with van der Waals surface area (Å²) in [5.74, 6) is 0.119. The van der Waals surface area contributed by atoms with Crippen molar-refractivity contribution in [2.24, 2.45) is 0 Å². The number of hydrogen-bond donors (Lipinski definition) is 0. The van der Waals surface area contributed by atoms with Crippen molar-refractivity contribution in [3.8, 4) is 11.4 Å². The van der Waals surface area contributed by atoms with Crippen molar-refractivity contribution in [1.29, 1.82) is 0 Å². The summed E-state index contributed by atoms with van der Waals surface area (Å²) < 4.78 is 4.92. The maximum Gasteiger partial charge on any atom is 0.357 e. The summed E-state index contributed by atoms with van der Waals surface area (Å²) in [5, 5.41) is 0. The van der Waals surface area contributed by atoms with Gasteiger partial charge in [0.05, 0.1) is 6.61 Å². The first-order valence-corrected chi connectivity index (χ1v) is 5.78. The predicted octanol–water partition coefficient (Wildman–Crippen LogP) is 2.63. The first-order valence-electron chi connectivity index (χ1n) is 5.78. The Morgan fingerprint density at radius 1 is 1.28 bits per heavy atom. The van der Waals surface area contributed by atoms with Gasteiger partial charge in [0.15, 0.2) is 11.5 Å². The highest BCUT2D eigenvalue weighted by Gasteiger charge is 2.11. The smallest absolute Gasteiger partial charge is 0.357 e. The van der Waals surface area contributed by atoms with E-state index in [2.05, 4.69) is 9.97 Å². The molecule has 4 nitrogen and oxygen atoms in total. The normalized spacial score (nSPS) is 10.1. The van der Waals surface area contributed by atoms with Gasteiger partial charge in [-0.3, -0.25) is 0 Å². The third-order valence-corrected chi connectivity index (χ3v) is 2.53. The molecule has 2 aromatic rings. The number of aromatic nitrogens is 2. The number of carbonyl (C=O) groups is 1. The quantitative estimate of drug-likeness (QED) is 0.776. The third kappa shape index (κ3) is 2.53. The molecule has 0 fully saturated rings. The van der Waals surface area contributed by atoms with Gasteiger partial charge < -0.3 is 4.74 Å². The van der Waals surface area contributed by atoms with Crippen LogP contribution in [0.4, 0.5) is 0 Å². The monoisotopic (exact) mass is 242 g/mol. The van der Waals surface area contributed by atoms with Gasteiger partial charge >= 0.3 is 5.97 Å². The van der Waals surface area contributed by atoms with Crippen LogP contribution in [-0.4, -0.2) is 22.5 Å². The molecular formula is C14H14N2O2. The first-order chi connectivity index (χ1) is 8.72. The zero-order chi connectivity index (χ0) is 13.0. The van der Waals surface area contributed by atoms with Crippen molar-refractivity contribution in [2.45, 2.75) is 13.8 Å². The first kappa shape index (κ1) is 12.2. The van der Waals surface area contributed by atoms with E-state index in [0.717, 1.165) is 11.1 Å². The lowest BCUT2D eigenvalue weighted by molar-refractivity contribution is 0.0519. The minimum atomic E-state index is -0.422. The van der Waals surface area contributed by atoms with Gasteiger partial charge in [-0.05, 0) is 25.5 Å². The third-order valence-electron chi connectivity index (χ3n) is 2.53. The lowest BCUT2D eigenvalue weighted by Gasteiger charge is -2.05. The number of nitrogens with zero attached hydrogens (tertiary/aromatic N) is 2. The fourth-order valence-corrected chi connectivity index (χ4v) is 1.63. The highest BCUT2D eigenvalue weighted by atomic mass is 16.5. The SMILES string of the molecule is CCOC(=O)c1ccnc(-c2ccccc2C)n1. The molecule has 0 bridgehead atoms. The largest absolute Gasteiger partial charge is 0.461 e. The molecule has 0 spiro atoms. The second kappa shape index (κ2) is 5.40. The van der Waals surface area contributed by atoms with Crippen LogP contribution in [0.3, 0.4) is 0 Å². The topological polar surface area (TPSA) is 52.1 Å². The second-order valence-corrected chi connectivity index (χ2v) is 3.80. The molecule has 1 heterocycles. The summed E-state index contributed by atoms with van der Waals surface area (Å²) in [5.41, 5.74) is 2.27. The standard InChI is InChI=1S/C14H14N2O2/c1-3-18-14(17)12-8-9-15-13(16-12)11-7-5-4-6-10(11)2/h4-9H,3H2,1-2H3. The molecule has 92 valence electrons. The van der Waals surface area contributed by atoms with E-state index in [1.807, 2.05) is 31.2 Å². The van der Waals surface area contributed by atoms with Gasteiger partial charge in [-0.1, -0.05) is 24.3 Å². The van der Waals surface area contributed by atoms with Gasteiger partial charge in [0.1, 0.15) is 0 Å². The van der Waals surface area contributed by atoms with Gasteiger partial charge in [0.25, 0.3) is 0 Å². The molecule has 0 N–H and O–H groups in total. The van der Waals surface area contributed by atoms with E-state index in [9.17, 15) is 4.79 Å². The molecule has 0 aliphatic heterocycles. The number of esters is 1. The lowest BCUT2D eigenvalue weighted by Crippen LogP contribution is -2.08. The minimum absolute atomic E-state index is 0.283. The molecule has 0 radical (unpaired) electrons. The van der Waals surface area contributed by atoms with Crippen LogP contribution in [0.2, 0.25) is 0 Å². The summed E-state index contributed by atoms with van der Waals surface area (Å²) >= 11 is 0. The Bertz CT molecular complexity index is 567. The fourth-order valence-electron chi connectivity index (χ4n) is 1.63. The van der Waals surface area contributed by atoms with Crippen LogP contribution < -0.4 is 0 Å². The molecular weight excluding hydrogens is 228 g/mol. The van der Waals surface area contributed by atoms with E-state index in [0.29, 0.717) is 12.4 Å². The van der Waals surface area contributed by atoms with Crippen LogP contribution in [0.5, 0.6) is 0 Å². The zero-order valence-corrected chi connectivity index (χ0v) is 10.4. The maximum absolute atomic E-state index is 11.6. The number of carbonyl (C=O) groups excluding carboxylic acids is 1. The highest BCUT2D eigenvalue weighted by Crippen LogP contribution is 2.19. The van der Waals surface area contributed by atoms with Crippen LogP contribution in [0.15, 0.2) is 36.5 Å². The maximum atomic E-state index is 11.6. The number of hydrogen-bond acceptors (Lipinski definition) is 4. The van der Waals surface area contributed by atoms with Gasteiger partial charge in [-0.15, -0.1) is 0 Å². The van der Waals surface area contributed by atoms with Crippen LogP contribution in [0, 0.1) is 6.92 Å². The van der Waals surface area contributed by atoms with Gasteiger partial charge in [0, 0.05) is 11.8 Å². The van der Waals surface area contributed by atoms with Crippen molar-refractivity contribution in [1.82, 2.24) is 9.97 Å². The Morgan fingerprint density at radius 3 is 2.78 bits per heavy atom. The molecule has 0 amide bonds. The van der Waals surface area contributed by atoms with E-state index in [-0.39, 0.29) is 5.69 Å². The van der Waals surface area contributed by atoms with E-state index in [4.69, 9.17) is 4.74 Å². The molecule has 1 aromatic carbocycles. The summed E-state index contributed by atoms with van der Waals surface area (Å²) in [6.07, 6.45) is 1.57. The Labute approximate surface area is 106 Å². The van der Waals surface area contributed by atoms with Crippen molar-refractivity contribution in [2.75, 3.05) is 6.61 Å². The molecule has 0 aliphatic rings. The molecule has 0 aliphatic carbocycles. The number of ether oxygens (including phenoxy) is 1. The number of rotatable bonds is 3. The molecule has 1 aromatic heterocycles. The van der Waals surface area contributed by atoms with E-state index < -0.39 is 5.97 Å². The average molecular weight is 242 g/mol. The van der Waals surface area contributed by atoms with Crippen molar-refractivity contribution < 1.29 is 9.53 Å². The zero-order valence-electron chi connectivity index (χ0n) is 10.4. The summed E-state index contributed by atoms with van der Waals surface area (Å²) in [4.78, 5) is 20.0. The van der Waals surface area contributed by atoms with Crippen molar-refractivity contribution in [3.63, 3.8) is 0 Å². The van der Waals surface area contributed by atoms with Crippen LogP contribution >= 0.6 is 0 Å². The summed E-state index contributed by atoms with van der Waals surface area (Å²) in [6.45, 7) is 4.08. The number of aryl methyl sites for hydroxylation is 1. The molecule has 2 rings (SSSR count). The Morgan fingerprint density at radius 2 is 2.06 bits per heavy atom. The van der Waals surface area contributed by atoms with Crippen LogP contribution in [-0.2, 0) is 4.74 Å². The highest BCUT2D eigenvalue weighted by molar-refractivity contribution is 5.87. The Hall–Kier alpha value is -2.23. The lowest BCUT2D eigenvalue weighted by atomic mass is 10.1. The Kier molecular flexibility index (Phi) is 3.67. The van der Waals surface area contributed by atoms with Gasteiger partial charge in [-0.2, -0.15) is 0 Å².